The lowest BCUT2D eigenvalue weighted by Crippen LogP contribution is -2.36. The third-order valence-electron chi connectivity index (χ3n) is 3.66. The fourth-order valence-corrected chi connectivity index (χ4v) is 4.30. The van der Waals surface area contributed by atoms with E-state index in [2.05, 4.69) is 4.98 Å². The Balaban J connectivity index is 1.87. The van der Waals surface area contributed by atoms with Gasteiger partial charge >= 0.3 is 0 Å². The van der Waals surface area contributed by atoms with E-state index >= 15 is 0 Å². The van der Waals surface area contributed by atoms with Crippen molar-refractivity contribution in [2.75, 3.05) is 10.7 Å². The average Bonchev–Trinajstić information content (AvgIpc) is 2.64. The van der Waals surface area contributed by atoms with Crippen LogP contribution in [0.1, 0.15) is 38.2 Å². The van der Waals surface area contributed by atoms with Crippen molar-refractivity contribution in [1.29, 1.82) is 0 Å². The zero-order valence-corrected chi connectivity index (χ0v) is 16.8. The van der Waals surface area contributed by atoms with Crippen LogP contribution in [0.25, 0.3) is 0 Å². The van der Waals surface area contributed by atoms with Crippen molar-refractivity contribution in [2.45, 2.75) is 44.6 Å². The molecule has 0 N–H and O–H groups in total. The molecule has 138 valence electrons. The highest BCUT2D eigenvalue weighted by Gasteiger charge is 2.22. The molecule has 0 unspecified atom stereocenters. The number of aryl methyl sites for hydroxylation is 1. The van der Waals surface area contributed by atoms with E-state index in [0.29, 0.717) is 18.5 Å². The molecule has 0 saturated carbocycles. The summed E-state index contributed by atoms with van der Waals surface area (Å²) in [6.07, 6.45) is 3.96. The van der Waals surface area contributed by atoms with Crippen LogP contribution in [0.5, 0.6) is 0 Å². The molecule has 1 aromatic carbocycles. The van der Waals surface area contributed by atoms with Gasteiger partial charge in [0.05, 0.1) is 5.69 Å². The van der Waals surface area contributed by atoms with Gasteiger partial charge in [-0.1, -0.05) is 41.5 Å². The fourth-order valence-electron chi connectivity index (χ4n) is 2.34. The Morgan fingerprint density at radius 1 is 1.04 bits per heavy atom. The normalized spacial score (nSPS) is 10.5. The molecule has 0 saturated heterocycles. The first-order valence-electron chi connectivity index (χ1n) is 8.74. The molecule has 0 atom stereocenters. The summed E-state index contributed by atoms with van der Waals surface area (Å²) in [6, 6.07) is 13.3. The molecule has 6 heteroatoms. The number of anilines is 1. The van der Waals surface area contributed by atoms with Crippen molar-refractivity contribution in [3.63, 3.8) is 0 Å². The van der Waals surface area contributed by atoms with Crippen molar-refractivity contribution in [1.82, 2.24) is 4.98 Å². The van der Waals surface area contributed by atoms with Gasteiger partial charge in [0.15, 0.2) is 0 Å². The lowest BCUT2D eigenvalue weighted by atomic mass is 10.1. The third-order valence-corrected chi connectivity index (χ3v) is 6.01. The molecule has 4 nitrogen and oxygen atoms in total. The van der Waals surface area contributed by atoms with E-state index in [1.54, 1.807) is 27.8 Å². The molecule has 2 aromatic rings. The first-order valence-corrected chi connectivity index (χ1v) is 11.1. The summed E-state index contributed by atoms with van der Waals surface area (Å²) in [4.78, 5) is 30.7. The quantitative estimate of drug-likeness (QED) is 0.433. The van der Waals surface area contributed by atoms with Crippen molar-refractivity contribution in [3.05, 3.63) is 54.2 Å². The summed E-state index contributed by atoms with van der Waals surface area (Å²) >= 11 is 0. The monoisotopic (exact) mass is 388 g/mol. The minimum Gasteiger partial charge on any atom is -0.274 e. The number of nitrogens with zero attached hydrogens (tertiary/aromatic N) is 2. The van der Waals surface area contributed by atoms with E-state index in [-0.39, 0.29) is 11.8 Å². The van der Waals surface area contributed by atoms with Crippen molar-refractivity contribution in [3.8, 4) is 0 Å². The van der Waals surface area contributed by atoms with E-state index in [4.69, 9.17) is 0 Å². The van der Waals surface area contributed by atoms with Crippen LogP contribution in [0.2, 0.25) is 0 Å². The van der Waals surface area contributed by atoms with Crippen LogP contribution in [0, 0.1) is 6.92 Å². The van der Waals surface area contributed by atoms with Gasteiger partial charge in [0, 0.05) is 24.8 Å². The lowest BCUT2D eigenvalue weighted by Gasteiger charge is -2.21. The Bertz CT molecular complexity index is 706. The topological polar surface area (TPSA) is 50.3 Å². The number of hydrogen-bond acceptors (Lipinski definition) is 5. The summed E-state index contributed by atoms with van der Waals surface area (Å²) in [7, 11) is 3.28. The highest BCUT2D eigenvalue weighted by Crippen LogP contribution is 2.30. The molecule has 2 rings (SSSR count). The first kappa shape index (κ1) is 20.5. The summed E-state index contributed by atoms with van der Waals surface area (Å²) in [5.41, 5.74) is 1.77. The maximum absolute atomic E-state index is 12.7. The Hall–Kier alpha value is -1.79. The van der Waals surface area contributed by atoms with E-state index in [9.17, 15) is 9.59 Å². The molecule has 0 bridgehead atoms. The van der Waals surface area contributed by atoms with Crippen LogP contribution in [-0.4, -0.2) is 22.6 Å². The predicted octanol–water partition coefficient (Wildman–Crippen LogP) is 5.27. The third kappa shape index (κ3) is 6.50. The summed E-state index contributed by atoms with van der Waals surface area (Å²) < 4.78 is 0. The number of imide groups is 1. The number of carbonyl (C=O) groups excluding carboxylic acids is 2. The number of rotatable bonds is 9. The molecule has 0 fully saturated rings. The van der Waals surface area contributed by atoms with Gasteiger partial charge in [-0.3, -0.25) is 14.5 Å². The predicted molar refractivity (Wildman–Crippen MR) is 110 cm³/mol. The Labute approximate surface area is 163 Å². The molecule has 0 radical (unpaired) electrons. The van der Waals surface area contributed by atoms with Crippen molar-refractivity contribution >= 4 is 39.1 Å². The maximum atomic E-state index is 12.7. The van der Waals surface area contributed by atoms with E-state index < -0.39 is 0 Å². The zero-order chi connectivity index (χ0) is 18.8. The van der Waals surface area contributed by atoms with E-state index in [0.717, 1.165) is 29.2 Å². The standard InChI is InChI=1S/C20H24N2O2S2/c1-3-7-19(23)22(17-12-10-16(2)11-13-17)20(24)9-6-15-25-26-18-8-4-5-14-21-18/h4-5,8,10-14H,3,6-7,9,15H2,1-2H3. The number of benzene rings is 1. The van der Waals surface area contributed by atoms with Crippen LogP contribution in [0.3, 0.4) is 0 Å². The van der Waals surface area contributed by atoms with Crippen LogP contribution in [0.15, 0.2) is 53.7 Å². The molecule has 1 aromatic heterocycles. The van der Waals surface area contributed by atoms with Crippen molar-refractivity contribution in [2.24, 2.45) is 0 Å². The van der Waals surface area contributed by atoms with Gasteiger partial charge in [0.1, 0.15) is 5.03 Å². The molecule has 2 amide bonds. The molecule has 0 aliphatic carbocycles. The zero-order valence-electron chi connectivity index (χ0n) is 15.2. The van der Waals surface area contributed by atoms with Gasteiger partial charge < -0.3 is 0 Å². The van der Waals surface area contributed by atoms with Gasteiger partial charge in [-0.05, 0) is 54.8 Å². The molecule has 1 heterocycles. The summed E-state index contributed by atoms with van der Waals surface area (Å²) in [6.45, 7) is 3.93. The Morgan fingerprint density at radius 3 is 2.42 bits per heavy atom. The van der Waals surface area contributed by atoms with Crippen LogP contribution in [0.4, 0.5) is 5.69 Å². The first-order chi connectivity index (χ1) is 12.6. The van der Waals surface area contributed by atoms with Gasteiger partial charge in [0.25, 0.3) is 0 Å². The number of aromatic nitrogens is 1. The minimum atomic E-state index is -0.129. The van der Waals surface area contributed by atoms with Crippen LogP contribution < -0.4 is 4.90 Å². The molecular weight excluding hydrogens is 364 g/mol. The molecule has 0 spiro atoms. The second-order valence-corrected chi connectivity index (χ2v) is 8.32. The summed E-state index contributed by atoms with van der Waals surface area (Å²) in [5, 5.41) is 0.961. The molecule has 26 heavy (non-hydrogen) atoms. The highest BCUT2D eigenvalue weighted by molar-refractivity contribution is 8.76. The SMILES string of the molecule is CCCC(=O)N(C(=O)CCCSSc1ccccn1)c1ccc(C)cc1. The highest BCUT2D eigenvalue weighted by atomic mass is 33.1. The fraction of sp³-hybridized carbons (Fsp3) is 0.350. The largest absolute Gasteiger partial charge is 0.274 e. The van der Waals surface area contributed by atoms with Crippen LogP contribution in [-0.2, 0) is 9.59 Å². The minimum absolute atomic E-state index is 0.128. The number of carbonyl (C=O) groups is 2. The van der Waals surface area contributed by atoms with E-state index in [1.165, 1.54) is 4.90 Å². The van der Waals surface area contributed by atoms with Gasteiger partial charge in [0.2, 0.25) is 11.8 Å². The second kappa shape index (κ2) is 11.0. The average molecular weight is 389 g/mol. The van der Waals surface area contributed by atoms with Gasteiger partial charge in [-0.2, -0.15) is 0 Å². The summed E-state index contributed by atoms with van der Waals surface area (Å²) in [5.74, 6) is 0.573. The second-order valence-electron chi connectivity index (χ2n) is 5.89. The number of hydrogen-bond donors (Lipinski definition) is 0. The Morgan fingerprint density at radius 2 is 1.77 bits per heavy atom. The van der Waals surface area contributed by atoms with Crippen molar-refractivity contribution < 1.29 is 9.59 Å². The molecular formula is C20H24N2O2S2. The van der Waals surface area contributed by atoms with Gasteiger partial charge in [-0.25, -0.2) is 4.98 Å². The van der Waals surface area contributed by atoms with Gasteiger partial charge in [-0.15, -0.1) is 0 Å². The molecule has 0 aliphatic rings. The maximum Gasteiger partial charge on any atom is 0.233 e. The molecule has 0 aliphatic heterocycles. The Kier molecular flexibility index (Phi) is 8.71. The van der Waals surface area contributed by atoms with Crippen LogP contribution >= 0.6 is 21.6 Å². The number of pyridine rings is 1. The number of amides is 2. The smallest absolute Gasteiger partial charge is 0.233 e. The van der Waals surface area contributed by atoms with E-state index in [1.807, 2.05) is 56.3 Å². The lowest BCUT2D eigenvalue weighted by molar-refractivity contribution is -0.126.